The third kappa shape index (κ3) is 4.90. The summed E-state index contributed by atoms with van der Waals surface area (Å²) in [5, 5.41) is 5.65. The summed E-state index contributed by atoms with van der Waals surface area (Å²) in [4.78, 5) is 15.6. The van der Waals surface area contributed by atoms with Gasteiger partial charge in [-0.1, -0.05) is 0 Å². The Balaban J connectivity index is 2.18. The van der Waals surface area contributed by atoms with Crippen LogP contribution in [0.15, 0.2) is 5.38 Å². The van der Waals surface area contributed by atoms with Crippen molar-refractivity contribution < 1.29 is 9.53 Å². The molecule has 0 aliphatic rings. The van der Waals surface area contributed by atoms with Gasteiger partial charge >= 0.3 is 0 Å². The number of aryl methyl sites for hydroxylation is 1. The van der Waals surface area contributed by atoms with Gasteiger partial charge in [-0.25, -0.2) is 4.98 Å². The number of methoxy groups -OCH3 is 1. The number of thiazole rings is 1. The zero-order chi connectivity index (χ0) is 11.1. The number of aromatic nitrogens is 1. The lowest BCUT2D eigenvalue weighted by Gasteiger charge is -2.02. The van der Waals surface area contributed by atoms with Crippen LogP contribution in [0.2, 0.25) is 0 Å². The summed E-state index contributed by atoms with van der Waals surface area (Å²) >= 11 is 1.52. The Labute approximate surface area is 93.7 Å². The van der Waals surface area contributed by atoms with E-state index in [1.165, 1.54) is 11.3 Å². The number of nitrogens with one attached hydrogen (secondary N) is 1. The molecular weight excluding hydrogens is 212 g/mol. The molecule has 0 aliphatic heterocycles. The van der Waals surface area contributed by atoms with Gasteiger partial charge in [0.25, 0.3) is 0 Å². The minimum atomic E-state index is 0.0282. The zero-order valence-corrected chi connectivity index (χ0v) is 9.89. The highest BCUT2D eigenvalue weighted by atomic mass is 32.1. The summed E-state index contributed by atoms with van der Waals surface area (Å²) in [6.07, 6.45) is 1.23. The molecule has 0 saturated carbocycles. The van der Waals surface area contributed by atoms with Gasteiger partial charge in [0.2, 0.25) is 5.91 Å². The Kier molecular flexibility index (Phi) is 5.28. The fourth-order valence-corrected chi connectivity index (χ4v) is 1.90. The molecule has 0 aromatic carbocycles. The average Bonchev–Trinajstić information content (AvgIpc) is 2.59. The largest absolute Gasteiger partial charge is 0.385 e. The minimum absolute atomic E-state index is 0.0282. The van der Waals surface area contributed by atoms with Crippen LogP contribution in [0.1, 0.15) is 17.1 Å². The molecule has 1 rings (SSSR count). The second kappa shape index (κ2) is 6.53. The molecule has 0 bridgehead atoms. The van der Waals surface area contributed by atoms with Crippen LogP contribution >= 0.6 is 11.3 Å². The van der Waals surface area contributed by atoms with Crippen molar-refractivity contribution in [1.82, 2.24) is 10.3 Å². The first-order valence-corrected chi connectivity index (χ1v) is 5.77. The molecule has 1 N–H and O–H groups in total. The van der Waals surface area contributed by atoms with Crippen LogP contribution in [0.4, 0.5) is 0 Å². The lowest BCUT2D eigenvalue weighted by Crippen LogP contribution is -2.26. The summed E-state index contributed by atoms with van der Waals surface area (Å²) in [5.41, 5.74) is 0.974. The molecule has 84 valence electrons. The van der Waals surface area contributed by atoms with Gasteiger partial charge in [0, 0.05) is 31.3 Å². The van der Waals surface area contributed by atoms with Crippen molar-refractivity contribution >= 4 is 17.2 Å². The molecule has 0 spiro atoms. The highest BCUT2D eigenvalue weighted by Crippen LogP contribution is 2.08. The summed E-state index contributed by atoms with van der Waals surface area (Å²) in [6.45, 7) is 3.27. The number of hydrogen-bond donors (Lipinski definition) is 1. The summed E-state index contributed by atoms with van der Waals surface area (Å²) in [6, 6.07) is 0. The van der Waals surface area contributed by atoms with Crippen molar-refractivity contribution in [2.45, 2.75) is 19.8 Å². The third-order valence-corrected chi connectivity index (χ3v) is 2.79. The molecule has 1 aromatic heterocycles. The van der Waals surface area contributed by atoms with Crippen molar-refractivity contribution in [3.05, 3.63) is 16.1 Å². The second-order valence-electron chi connectivity index (χ2n) is 3.26. The molecule has 15 heavy (non-hydrogen) atoms. The quantitative estimate of drug-likeness (QED) is 0.743. The number of hydrogen-bond acceptors (Lipinski definition) is 4. The highest BCUT2D eigenvalue weighted by Gasteiger charge is 2.05. The van der Waals surface area contributed by atoms with Gasteiger partial charge in [-0.2, -0.15) is 0 Å². The van der Waals surface area contributed by atoms with Gasteiger partial charge in [0.15, 0.2) is 0 Å². The molecule has 0 unspecified atom stereocenters. The molecule has 1 aromatic rings. The van der Waals surface area contributed by atoms with Crippen LogP contribution in [-0.4, -0.2) is 31.2 Å². The first-order chi connectivity index (χ1) is 7.22. The SMILES string of the molecule is COCCCNC(=O)Cc1nc(C)cs1. The van der Waals surface area contributed by atoms with E-state index in [1.54, 1.807) is 7.11 Å². The van der Waals surface area contributed by atoms with Crippen LogP contribution < -0.4 is 5.32 Å². The van der Waals surface area contributed by atoms with E-state index in [1.807, 2.05) is 12.3 Å². The fourth-order valence-electron chi connectivity index (χ4n) is 1.13. The maximum Gasteiger partial charge on any atom is 0.226 e. The number of amides is 1. The van der Waals surface area contributed by atoms with Crippen molar-refractivity contribution in [3.8, 4) is 0 Å². The fraction of sp³-hybridized carbons (Fsp3) is 0.600. The van der Waals surface area contributed by atoms with Crippen molar-refractivity contribution in [2.24, 2.45) is 0 Å². The summed E-state index contributed by atoms with van der Waals surface area (Å²) in [5.74, 6) is 0.0282. The number of rotatable bonds is 6. The maximum atomic E-state index is 11.4. The van der Waals surface area contributed by atoms with Crippen molar-refractivity contribution in [1.29, 1.82) is 0 Å². The Bertz CT molecular complexity index is 312. The predicted octanol–water partition coefficient (Wildman–Crippen LogP) is 1.15. The third-order valence-electron chi connectivity index (χ3n) is 1.83. The van der Waals surface area contributed by atoms with Gasteiger partial charge in [0.1, 0.15) is 5.01 Å². The molecule has 0 saturated heterocycles. The number of ether oxygens (including phenoxy) is 1. The van der Waals surface area contributed by atoms with Crippen LogP contribution in [0.5, 0.6) is 0 Å². The number of carbonyl (C=O) groups excluding carboxylic acids is 1. The summed E-state index contributed by atoms with van der Waals surface area (Å²) < 4.78 is 4.88. The van der Waals surface area contributed by atoms with E-state index in [0.717, 1.165) is 17.1 Å². The molecule has 4 nitrogen and oxygen atoms in total. The van der Waals surface area contributed by atoms with E-state index in [4.69, 9.17) is 4.74 Å². The van der Waals surface area contributed by atoms with Gasteiger partial charge in [-0.3, -0.25) is 4.79 Å². The normalized spacial score (nSPS) is 10.3. The predicted molar refractivity (Wildman–Crippen MR) is 60.1 cm³/mol. The van der Waals surface area contributed by atoms with Crippen molar-refractivity contribution in [3.63, 3.8) is 0 Å². The summed E-state index contributed by atoms with van der Waals surface area (Å²) in [7, 11) is 1.65. The average molecular weight is 228 g/mol. The highest BCUT2D eigenvalue weighted by molar-refractivity contribution is 7.09. The molecule has 1 amide bonds. The first kappa shape index (κ1) is 12.1. The number of nitrogens with zero attached hydrogens (tertiary/aromatic N) is 1. The molecule has 1 heterocycles. The van der Waals surface area contributed by atoms with Crippen LogP contribution in [0.25, 0.3) is 0 Å². The molecule has 5 heteroatoms. The topological polar surface area (TPSA) is 51.2 Å². The van der Waals surface area contributed by atoms with E-state index in [2.05, 4.69) is 10.3 Å². The maximum absolute atomic E-state index is 11.4. The zero-order valence-electron chi connectivity index (χ0n) is 9.08. The van der Waals surface area contributed by atoms with Gasteiger partial charge < -0.3 is 10.1 Å². The Hall–Kier alpha value is -0.940. The van der Waals surface area contributed by atoms with E-state index in [9.17, 15) is 4.79 Å². The van der Waals surface area contributed by atoms with Gasteiger partial charge in [0.05, 0.1) is 6.42 Å². The van der Waals surface area contributed by atoms with Crippen molar-refractivity contribution in [2.75, 3.05) is 20.3 Å². The second-order valence-corrected chi connectivity index (χ2v) is 4.20. The van der Waals surface area contributed by atoms with E-state index < -0.39 is 0 Å². The Morgan fingerprint density at radius 2 is 2.47 bits per heavy atom. The van der Waals surface area contributed by atoms with Gasteiger partial charge in [-0.05, 0) is 13.3 Å². The monoisotopic (exact) mass is 228 g/mol. The smallest absolute Gasteiger partial charge is 0.226 e. The van der Waals surface area contributed by atoms with Crippen LogP contribution in [0.3, 0.4) is 0 Å². The van der Waals surface area contributed by atoms with Gasteiger partial charge in [-0.15, -0.1) is 11.3 Å². The molecule has 0 radical (unpaired) electrons. The van der Waals surface area contributed by atoms with Crippen LogP contribution in [0, 0.1) is 6.92 Å². The Morgan fingerprint density at radius 1 is 1.67 bits per heavy atom. The molecule has 0 atom stereocenters. The number of carbonyl (C=O) groups is 1. The van der Waals surface area contributed by atoms with Crippen LogP contribution in [-0.2, 0) is 16.0 Å². The van der Waals surface area contributed by atoms with E-state index in [-0.39, 0.29) is 5.91 Å². The lowest BCUT2D eigenvalue weighted by molar-refractivity contribution is -0.120. The lowest BCUT2D eigenvalue weighted by atomic mass is 10.4. The standard InChI is InChI=1S/C10H16N2O2S/c1-8-7-15-10(12-8)6-9(13)11-4-3-5-14-2/h7H,3-6H2,1-2H3,(H,11,13). The first-order valence-electron chi connectivity index (χ1n) is 4.89. The minimum Gasteiger partial charge on any atom is -0.385 e. The Morgan fingerprint density at radius 3 is 3.07 bits per heavy atom. The van der Waals surface area contributed by atoms with E-state index >= 15 is 0 Å². The molecule has 0 fully saturated rings. The molecule has 0 aliphatic carbocycles. The van der Waals surface area contributed by atoms with E-state index in [0.29, 0.717) is 19.6 Å². The molecular formula is C10H16N2O2S.